The topological polar surface area (TPSA) is 37.4 Å². The van der Waals surface area contributed by atoms with Crippen LogP contribution >= 0.6 is 11.6 Å². The van der Waals surface area contributed by atoms with Gasteiger partial charge in [-0.05, 0) is 44.9 Å². The number of carbonyl (C=O) groups is 2. The lowest BCUT2D eigenvalue weighted by Gasteiger charge is -2.23. The molecule has 0 spiro atoms. The van der Waals surface area contributed by atoms with Crippen LogP contribution in [0.5, 0.6) is 0 Å². The molecule has 2 aliphatic rings. The van der Waals surface area contributed by atoms with E-state index < -0.39 is 0 Å². The second-order valence-corrected chi connectivity index (χ2v) is 6.11. The van der Waals surface area contributed by atoms with Gasteiger partial charge in [-0.1, -0.05) is 28.8 Å². The largest absolute Gasteiger partial charge is 0.274 e. The zero-order valence-corrected chi connectivity index (χ0v) is 12.3. The van der Waals surface area contributed by atoms with Crippen molar-refractivity contribution in [3.8, 4) is 0 Å². The van der Waals surface area contributed by atoms with Gasteiger partial charge in [0.15, 0.2) is 0 Å². The summed E-state index contributed by atoms with van der Waals surface area (Å²) < 4.78 is 0. The summed E-state index contributed by atoms with van der Waals surface area (Å²) in [5.41, 5.74) is 3.05. The molecule has 3 nitrogen and oxygen atoms in total. The smallest absolute Gasteiger partial charge is 0.238 e. The molecule has 0 unspecified atom stereocenters. The molecule has 0 N–H and O–H groups in total. The molecule has 1 heterocycles. The molecule has 20 heavy (non-hydrogen) atoms. The first-order valence-corrected chi connectivity index (χ1v) is 7.15. The van der Waals surface area contributed by atoms with Gasteiger partial charge in [-0.25, -0.2) is 4.90 Å². The molecule has 4 heteroatoms. The number of hydrogen-bond acceptors (Lipinski definition) is 2. The van der Waals surface area contributed by atoms with Crippen LogP contribution in [0.25, 0.3) is 0 Å². The first-order valence-electron chi connectivity index (χ1n) is 6.77. The maximum absolute atomic E-state index is 12.6. The van der Waals surface area contributed by atoms with Gasteiger partial charge in [0.2, 0.25) is 11.8 Å². The number of halogens is 1. The van der Waals surface area contributed by atoms with Crippen molar-refractivity contribution < 1.29 is 9.59 Å². The summed E-state index contributed by atoms with van der Waals surface area (Å²) in [6, 6.07) is 6.92. The van der Waals surface area contributed by atoms with Gasteiger partial charge in [0.25, 0.3) is 0 Å². The predicted molar refractivity (Wildman–Crippen MR) is 78.5 cm³/mol. The number of anilines is 1. The lowest BCUT2D eigenvalue weighted by Crippen LogP contribution is -2.30. The highest BCUT2D eigenvalue weighted by molar-refractivity contribution is 6.31. The molecule has 3 rings (SSSR count). The zero-order chi connectivity index (χ0) is 14.4. The number of imide groups is 1. The fourth-order valence-corrected chi connectivity index (χ4v) is 3.31. The molecule has 2 atom stereocenters. The molecule has 1 aliphatic heterocycles. The lowest BCUT2D eigenvalue weighted by atomic mass is 9.78. The minimum Gasteiger partial charge on any atom is -0.274 e. The van der Waals surface area contributed by atoms with Crippen molar-refractivity contribution in [3.05, 3.63) is 40.4 Å². The van der Waals surface area contributed by atoms with Crippen LogP contribution in [-0.2, 0) is 9.59 Å². The Morgan fingerprint density at radius 2 is 1.60 bits per heavy atom. The maximum atomic E-state index is 12.6. The van der Waals surface area contributed by atoms with Crippen LogP contribution in [0, 0.1) is 11.8 Å². The number of carbonyl (C=O) groups excluding carboxylic acids is 2. The van der Waals surface area contributed by atoms with E-state index in [4.69, 9.17) is 11.6 Å². The van der Waals surface area contributed by atoms with E-state index in [0.29, 0.717) is 23.6 Å². The van der Waals surface area contributed by atoms with Crippen LogP contribution in [0.15, 0.2) is 35.4 Å². The van der Waals surface area contributed by atoms with Gasteiger partial charge in [-0.15, -0.1) is 0 Å². The van der Waals surface area contributed by atoms with Crippen molar-refractivity contribution in [2.24, 2.45) is 11.8 Å². The van der Waals surface area contributed by atoms with E-state index in [0.717, 1.165) is 0 Å². The number of hydrogen-bond donors (Lipinski definition) is 0. The summed E-state index contributed by atoms with van der Waals surface area (Å²) in [7, 11) is 0. The minimum absolute atomic E-state index is 0.0888. The molecule has 104 valence electrons. The van der Waals surface area contributed by atoms with Crippen LogP contribution in [-0.4, -0.2) is 11.8 Å². The fourth-order valence-electron chi connectivity index (χ4n) is 3.12. The summed E-state index contributed by atoms with van der Waals surface area (Å²) in [4.78, 5) is 26.4. The lowest BCUT2D eigenvalue weighted by molar-refractivity contribution is -0.122. The van der Waals surface area contributed by atoms with Crippen LogP contribution in [0.1, 0.15) is 26.7 Å². The van der Waals surface area contributed by atoms with E-state index in [2.05, 4.69) is 0 Å². The van der Waals surface area contributed by atoms with E-state index in [1.165, 1.54) is 16.0 Å². The second kappa shape index (κ2) is 4.74. The van der Waals surface area contributed by atoms with E-state index in [9.17, 15) is 9.59 Å². The fraction of sp³-hybridized carbons (Fsp3) is 0.375. The van der Waals surface area contributed by atoms with Crippen LogP contribution in [0.2, 0.25) is 5.02 Å². The summed E-state index contributed by atoms with van der Waals surface area (Å²) in [6.07, 6.45) is 1.39. The van der Waals surface area contributed by atoms with Crippen LogP contribution < -0.4 is 4.90 Å². The van der Waals surface area contributed by atoms with Crippen molar-refractivity contribution in [1.82, 2.24) is 0 Å². The number of rotatable bonds is 1. The van der Waals surface area contributed by atoms with Crippen molar-refractivity contribution in [2.75, 3.05) is 4.90 Å². The Balaban J connectivity index is 1.98. The highest BCUT2D eigenvalue weighted by Gasteiger charge is 2.49. The van der Waals surface area contributed by atoms with Gasteiger partial charge in [0.1, 0.15) is 0 Å². The number of benzene rings is 1. The summed E-state index contributed by atoms with van der Waals surface area (Å²) in [6.45, 7) is 4.09. The molecule has 0 saturated carbocycles. The highest BCUT2D eigenvalue weighted by Crippen LogP contribution is 2.42. The van der Waals surface area contributed by atoms with E-state index in [1.54, 1.807) is 24.3 Å². The van der Waals surface area contributed by atoms with E-state index >= 15 is 0 Å². The third-order valence-electron chi connectivity index (χ3n) is 4.41. The Bertz CT molecular complexity index is 603. The number of allylic oxidation sites excluding steroid dienone is 2. The van der Waals surface area contributed by atoms with Crippen molar-refractivity contribution in [3.63, 3.8) is 0 Å². The maximum Gasteiger partial charge on any atom is 0.238 e. The molecule has 1 aliphatic carbocycles. The number of amides is 2. The summed E-state index contributed by atoms with van der Waals surface area (Å²) >= 11 is 5.96. The van der Waals surface area contributed by atoms with Gasteiger partial charge in [-0.2, -0.15) is 0 Å². The Kier molecular flexibility index (Phi) is 3.17. The van der Waals surface area contributed by atoms with E-state index in [-0.39, 0.29) is 23.7 Å². The average Bonchev–Trinajstić information content (AvgIpc) is 2.63. The van der Waals surface area contributed by atoms with Crippen LogP contribution in [0.4, 0.5) is 5.69 Å². The second-order valence-electron chi connectivity index (χ2n) is 5.67. The van der Waals surface area contributed by atoms with E-state index in [1.807, 2.05) is 13.8 Å². The normalized spacial score (nSPS) is 26.2. The summed E-state index contributed by atoms with van der Waals surface area (Å²) in [5, 5.41) is 0.531. The van der Waals surface area contributed by atoms with Crippen molar-refractivity contribution in [1.29, 1.82) is 0 Å². The predicted octanol–water partition coefficient (Wildman–Crippen LogP) is 3.58. The quantitative estimate of drug-likeness (QED) is 0.585. The SMILES string of the molecule is CC1=C(C)C[C@@H]2C(=O)N(c3cccc(Cl)c3)C(=O)[C@H]2C1. The number of nitrogens with zero attached hydrogens (tertiary/aromatic N) is 1. The molecule has 1 saturated heterocycles. The molecule has 0 bridgehead atoms. The molecular weight excluding hydrogens is 274 g/mol. The zero-order valence-electron chi connectivity index (χ0n) is 11.5. The van der Waals surface area contributed by atoms with Crippen molar-refractivity contribution >= 4 is 29.1 Å². The van der Waals surface area contributed by atoms with Crippen LogP contribution in [0.3, 0.4) is 0 Å². The van der Waals surface area contributed by atoms with Gasteiger partial charge < -0.3 is 0 Å². The summed E-state index contributed by atoms with van der Waals surface area (Å²) in [5.74, 6) is -0.585. The standard InChI is InChI=1S/C16H16ClNO2/c1-9-6-13-14(7-10(9)2)16(20)18(15(13)19)12-5-3-4-11(17)8-12/h3-5,8,13-14H,6-7H2,1-2H3/t13-,14-/m0/s1. The molecule has 0 radical (unpaired) electrons. The minimum atomic E-state index is -0.204. The third-order valence-corrected chi connectivity index (χ3v) is 4.64. The Hall–Kier alpha value is -1.61. The monoisotopic (exact) mass is 289 g/mol. The number of fused-ring (bicyclic) bond motifs is 1. The average molecular weight is 290 g/mol. The van der Waals surface area contributed by atoms with Gasteiger partial charge in [-0.3, -0.25) is 9.59 Å². The Labute approximate surface area is 123 Å². The van der Waals surface area contributed by atoms with Gasteiger partial charge in [0.05, 0.1) is 17.5 Å². The van der Waals surface area contributed by atoms with Crippen molar-refractivity contribution in [2.45, 2.75) is 26.7 Å². The molecule has 1 aromatic rings. The molecular formula is C16H16ClNO2. The van der Waals surface area contributed by atoms with Gasteiger partial charge in [0, 0.05) is 5.02 Å². The molecule has 2 amide bonds. The first-order chi connectivity index (χ1) is 9.49. The third kappa shape index (κ3) is 1.97. The molecule has 0 aromatic heterocycles. The molecule has 1 aromatic carbocycles. The Morgan fingerprint density at radius 3 is 2.10 bits per heavy atom. The highest BCUT2D eigenvalue weighted by atomic mass is 35.5. The Morgan fingerprint density at radius 1 is 1.05 bits per heavy atom. The molecule has 1 fully saturated rings. The van der Waals surface area contributed by atoms with Gasteiger partial charge >= 0.3 is 0 Å². The first kappa shape index (κ1) is 13.4.